The highest BCUT2D eigenvalue weighted by molar-refractivity contribution is 6.22. The minimum absolute atomic E-state index is 0.250. The minimum atomic E-state index is -0.968. The van der Waals surface area contributed by atoms with Crippen molar-refractivity contribution in [2.24, 2.45) is 0 Å². The van der Waals surface area contributed by atoms with E-state index in [1.54, 1.807) is 32.5 Å². The molecule has 0 aliphatic heterocycles. The summed E-state index contributed by atoms with van der Waals surface area (Å²) < 4.78 is 10.9. The van der Waals surface area contributed by atoms with Crippen LogP contribution in [0.5, 0.6) is 11.5 Å². The van der Waals surface area contributed by atoms with Gasteiger partial charge in [0, 0.05) is 11.6 Å². The molecule has 0 unspecified atom stereocenters. The maximum absolute atomic E-state index is 11.8. The van der Waals surface area contributed by atoms with E-state index in [-0.39, 0.29) is 5.56 Å². The number of benzene rings is 3. The summed E-state index contributed by atoms with van der Waals surface area (Å²) in [6.45, 7) is 0. The Labute approximate surface area is 143 Å². The molecule has 5 nitrogen and oxygen atoms in total. The Hall–Kier alpha value is -3.34. The minimum Gasteiger partial charge on any atom is -0.493 e. The largest absolute Gasteiger partial charge is 0.493 e. The fraction of sp³-hybridized carbons (Fsp3) is 0.100. The molecule has 25 heavy (non-hydrogen) atoms. The Balaban J connectivity index is 2.30. The lowest BCUT2D eigenvalue weighted by atomic mass is 9.95. The van der Waals surface area contributed by atoms with Crippen molar-refractivity contribution in [3.05, 3.63) is 54.2 Å². The average molecular weight is 333 g/mol. The molecule has 0 fully saturated rings. The number of aromatic nitrogens is 1. The number of rotatable bonds is 3. The van der Waals surface area contributed by atoms with E-state index < -0.39 is 5.97 Å². The highest BCUT2D eigenvalue weighted by Crippen LogP contribution is 2.41. The molecule has 1 heterocycles. The lowest BCUT2D eigenvalue weighted by Crippen LogP contribution is -1.99. The molecule has 0 saturated carbocycles. The van der Waals surface area contributed by atoms with Crippen LogP contribution in [-0.4, -0.2) is 30.3 Å². The van der Waals surface area contributed by atoms with E-state index in [0.29, 0.717) is 16.9 Å². The smallest absolute Gasteiger partial charge is 0.336 e. The number of ether oxygens (including phenoxy) is 2. The van der Waals surface area contributed by atoms with Crippen molar-refractivity contribution in [2.45, 2.75) is 0 Å². The van der Waals surface area contributed by atoms with Gasteiger partial charge in [-0.25, -0.2) is 4.79 Å². The fourth-order valence-electron chi connectivity index (χ4n) is 3.34. The molecule has 5 heteroatoms. The number of aromatic carboxylic acids is 1. The van der Waals surface area contributed by atoms with Crippen LogP contribution in [0.3, 0.4) is 0 Å². The number of carboxylic acid groups (broad SMARTS) is 1. The van der Waals surface area contributed by atoms with Crippen molar-refractivity contribution < 1.29 is 19.4 Å². The van der Waals surface area contributed by atoms with Gasteiger partial charge in [0.1, 0.15) is 0 Å². The Morgan fingerprint density at radius 3 is 2.40 bits per heavy atom. The van der Waals surface area contributed by atoms with Crippen LogP contribution >= 0.6 is 0 Å². The normalized spacial score (nSPS) is 11.1. The summed E-state index contributed by atoms with van der Waals surface area (Å²) >= 11 is 0. The number of nitrogens with zero attached hydrogens (tertiary/aromatic N) is 1. The fourth-order valence-corrected chi connectivity index (χ4v) is 3.34. The molecule has 3 aromatic carbocycles. The van der Waals surface area contributed by atoms with Crippen LogP contribution < -0.4 is 9.47 Å². The van der Waals surface area contributed by atoms with Gasteiger partial charge in [-0.3, -0.25) is 4.98 Å². The highest BCUT2D eigenvalue weighted by atomic mass is 16.5. The van der Waals surface area contributed by atoms with Crippen LogP contribution in [-0.2, 0) is 0 Å². The van der Waals surface area contributed by atoms with Gasteiger partial charge in [-0.15, -0.1) is 0 Å². The first-order chi connectivity index (χ1) is 12.2. The lowest BCUT2D eigenvalue weighted by Gasteiger charge is -2.14. The summed E-state index contributed by atoms with van der Waals surface area (Å²) in [6.07, 6.45) is 1.78. The zero-order valence-electron chi connectivity index (χ0n) is 13.7. The van der Waals surface area contributed by atoms with Gasteiger partial charge in [-0.1, -0.05) is 24.3 Å². The van der Waals surface area contributed by atoms with Crippen LogP contribution in [0.25, 0.3) is 32.4 Å². The van der Waals surface area contributed by atoms with Crippen LogP contribution in [0.4, 0.5) is 0 Å². The van der Waals surface area contributed by atoms with Gasteiger partial charge in [0.15, 0.2) is 11.5 Å². The summed E-state index contributed by atoms with van der Waals surface area (Å²) in [6, 6.07) is 12.8. The lowest BCUT2D eigenvalue weighted by molar-refractivity contribution is 0.0699. The molecule has 4 rings (SSSR count). The number of carboxylic acids is 1. The number of pyridine rings is 1. The third-order valence-corrected chi connectivity index (χ3v) is 4.44. The first-order valence-corrected chi connectivity index (χ1v) is 7.74. The van der Waals surface area contributed by atoms with Gasteiger partial charge < -0.3 is 14.6 Å². The molecule has 0 radical (unpaired) electrons. The molecule has 0 aliphatic rings. The summed E-state index contributed by atoms with van der Waals surface area (Å²) in [5.41, 5.74) is 0.970. The molecule has 1 N–H and O–H groups in total. The van der Waals surface area contributed by atoms with Crippen molar-refractivity contribution in [1.82, 2.24) is 4.98 Å². The van der Waals surface area contributed by atoms with E-state index in [2.05, 4.69) is 4.98 Å². The van der Waals surface area contributed by atoms with Crippen molar-refractivity contribution in [3.63, 3.8) is 0 Å². The van der Waals surface area contributed by atoms with E-state index in [9.17, 15) is 9.90 Å². The Kier molecular flexibility index (Phi) is 3.42. The molecule has 0 amide bonds. The van der Waals surface area contributed by atoms with E-state index in [1.165, 1.54) is 0 Å². The maximum Gasteiger partial charge on any atom is 0.336 e. The molecule has 1 aromatic heterocycles. The molecular formula is C20H15NO4. The molecule has 0 atom stereocenters. The molecule has 124 valence electrons. The Morgan fingerprint density at radius 2 is 1.72 bits per heavy atom. The van der Waals surface area contributed by atoms with Crippen LogP contribution in [0.2, 0.25) is 0 Å². The van der Waals surface area contributed by atoms with Crippen molar-refractivity contribution in [1.29, 1.82) is 0 Å². The molecular weight excluding hydrogens is 318 g/mol. The average Bonchev–Trinajstić information content (AvgIpc) is 2.65. The molecule has 0 spiro atoms. The second-order valence-electron chi connectivity index (χ2n) is 5.69. The predicted molar refractivity (Wildman–Crippen MR) is 96.8 cm³/mol. The molecule has 4 aromatic rings. The zero-order valence-corrected chi connectivity index (χ0v) is 13.7. The van der Waals surface area contributed by atoms with Crippen LogP contribution in [0, 0.1) is 0 Å². The molecule has 0 aliphatic carbocycles. The number of hydrogen-bond acceptors (Lipinski definition) is 4. The number of methoxy groups -OCH3 is 2. The van der Waals surface area contributed by atoms with Gasteiger partial charge in [0.05, 0.1) is 30.7 Å². The third-order valence-electron chi connectivity index (χ3n) is 4.44. The number of carbonyl (C=O) groups is 1. The number of hydrogen-bond donors (Lipinski definition) is 1. The van der Waals surface area contributed by atoms with Crippen LogP contribution in [0.15, 0.2) is 48.7 Å². The van der Waals surface area contributed by atoms with Gasteiger partial charge in [-0.05, 0) is 34.4 Å². The van der Waals surface area contributed by atoms with E-state index >= 15 is 0 Å². The Bertz CT molecular complexity index is 1150. The van der Waals surface area contributed by atoms with Crippen molar-refractivity contribution in [2.75, 3.05) is 14.2 Å². The van der Waals surface area contributed by atoms with Gasteiger partial charge in [0.2, 0.25) is 0 Å². The first-order valence-electron chi connectivity index (χ1n) is 7.74. The summed E-state index contributed by atoms with van der Waals surface area (Å²) in [5, 5.41) is 13.6. The van der Waals surface area contributed by atoms with E-state index in [1.807, 2.05) is 30.3 Å². The second-order valence-corrected chi connectivity index (χ2v) is 5.69. The third kappa shape index (κ3) is 2.16. The SMILES string of the molecule is COc1ccc2ncc3c4ccccc4c(C(=O)O)cc3c2c1OC. The van der Waals surface area contributed by atoms with E-state index in [0.717, 1.165) is 27.1 Å². The first kappa shape index (κ1) is 15.2. The van der Waals surface area contributed by atoms with Gasteiger partial charge in [-0.2, -0.15) is 0 Å². The van der Waals surface area contributed by atoms with Gasteiger partial charge >= 0.3 is 5.97 Å². The summed E-state index contributed by atoms with van der Waals surface area (Å²) in [5.74, 6) is 0.156. The molecule has 0 saturated heterocycles. The predicted octanol–water partition coefficient (Wildman–Crippen LogP) is 4.26. The quantitative estimate of drug-likeness (QED) is 0.567. The summed E-state index contributed by atoms with van der Waals surface area (Å²) in [7, 11) is 3.13. The monoisotopic (exact) mass is 333 g/mol. The highest BCUT2D eigenvalue weighted by Gasteiger charge is 2.17. The standard InChI is InChI=1S/C20H15NO4/c1-24-17-8-7-16-18(19(17)25-2)13-9-14(20(22)23)11-5-3-4-6-12(11)15(13)10-21-16/h3-10H,1-2H3,(H,22,23). The maximum atomic E-state index is 11.8. The summed E-state index contributed by atoms with van der Waals surface area (Å²) in [4.78, 5) is 16.3. The molecule has 0 bridgehead atoms. The zero-order chi connectivity index (χ0) is 17.6. The van der Waals surface area contributed by atoms with Crippen LogP contribution in [0.1, 0.15) is 10.4 Å². The Morgan fingerprint density at radius 1 is 0.960 bits per heavy atom. The van der Waals surface area contributed by atoms with Gasteiger partial charge in [0.25, 0.3) is 0 Å². The van der Waals surface area contributed by atoms with E-state index in [4.69, 9.17) is 9.47 Å². The topological polar surface area (TPSA) is 68.7 Å². The van der Waals surface area contributed by atoms with Crippen molar-refractivity contribution in [3.8, 4) is 11.5 Å². The van der Waals surface area contributed by atoms with Crippen molar-refractivity contribution >= 4 is 38.4 Å². The number of fused-ring (bicyclic) bond motifs is 5. The second kappa shape index (κ2) is 5.63.